The third-order valence-electron chi connectivity index (χ3n) is 7.06. The van der Waals surface area contributed by atoms with E-state index >= 15 is 0 Å². The second-order valence-corrected chi connectivity index (χ2v) is 9.57. The van der Waals surface area contributed by atoms with Gasteiger partial charge in [0.25, 0.3) is 5.91 Å². The Hall–Kier alpha value is -4.54. The number of hydrogen-bond donors (Lipinski definition) is 2. The molecule has 3 aromatic rings. The molecule has 202 valence electrons. The molecule has 2 amide bonds. The van der Waals surface area contributed by atoms with Gasteiger partial charge in [0.2, 0.25) is 24.5 Å². The molecule has 0 bridgehead atoms. The summed E-state index contributed by atoms with van der Waals surface area (Å²) in [5.74, 6) is 2.00. The van der Waals surface area contributed by atoms with Crippen LogP contribution < -0.4 is 34.5 Å². The molecule has 3 aliphatic heterocycles. The van der Waals surface area contributed by atoms with Crippen LogP contribution in [0.1, 0.15) is 40.7 Å². The fraction of sp³-hybridized carbons (Fsp3) is 0.357. The number of rotatable bonds is 7. The molecule has 1 atom stereocenters. The van der Waals surface area contributed by atoms with Crippen LogP contribution >= 0.6 is 0 Å². The van der Waals surface area contributed by atoms with E-state index in [0.29, 0.717) is 37.0 Å². The summed E-state index contributed by atoms with van der Waals surface area (Å²) in [5.41, 5.74) is 3.09. The maximum atomic E-state index is 13.3. The molecule has 4 heterocycles. The zero-order valence-corrected chi connectivity index (χ0v) is 21.6. The van der Waals surface area contributed by atoms with Crippen molar-refractivity contribution < 1.29 is 28.5 Å². The number of methoxy groups -OCH3 is 1. The third kappa shape index (κ3) is 5.12. The van der Waals surface area contributed by atoms with Crippen molar-refractivity contribution in [2.45, 2.75) is 38.3 Å². The zero-order chi connectivity index (χ0) is 26.8. The standard InChI is InChI=1S/C28H29N5O6/c1-36-19-6-7-22-18(13-19)9-11-33(22)28-30-14-20(25(34)31-21-4-2-3-10-29-26(21)35)27(32-28)37-15-17-5-8-23-24(12-17)39-16-38-23/h5-8,12-14,21H,2-4,9-11,15-16H2,1H3,(H,29,35)(H,31,34). The molecule has 11 heteroatoms. The lowest BCUT2D eigenvalue weighted by Gasteiger charge is -2.20. The van der Waals surface area contributed by atoms with Gasteiger partial charge in [-0.15, -0.1) is 0 Å². The molecule has 2 N–H and O–H groups in total. The SMILES string of the molecule is COc1ccc2c(c1)CCN2c1ncc(C(=O)NC2CCCCNC2=O)c(OCc2ccc3c(c2)OCO3)n1. The summed E-state index contributed by atoms with van der Waals surface area (Å²) in [4.78, 5) is 37.0. The van der Waals surface area contributed by atoms with Crippen LogP contribution in [0.15, 0.2) is 42.6 Å². The van der Waals surface area contributed by atoms with Crippen LogP contribution in [-0.4, -0.2) is 54.8 Å². The first-order valence-electron chi connectivity index (χ1n) is 13.0. The highest BCUT2D eigenvalue weighted by Gasteiger charge is 2.28. The Balaban J connectivity index is 1.28. The molecule has 0 aliphatic carbocycles. The van der Waals surface area contributed by atoms with E-state index in [4.69, 9.17) is 18.9 Å². The lowest BCUT2D eigenvalue weighted by Crippen LogP contribution is -2.45. The summed E-state index contributed by atoms with van der Waals surface area (Å²) in [6.45, 7) is 1.61. The first-order valence-corrected chi connectivity index (χ1v) is 13.0. The van der Waals surface area contributed by atoms with E-state index in [0.717, 1.165) is 41.8 Å². The highest BCUT2D eigenvalue weighted by Crippen LogP contribution is 2.36. The second kappa shape index (κ2) is 10.7. The van der Waals surface area contributed by atoms with Gasteiger partial charge in [-0.05, 0) is 67.1 Å². The van der Waals surface area contributed by atoms with Crippen molar-refractivity contribution in [3.05, 3.63) is 59.3 Å². The summed E-state index contributed by atoms with van der Waals surface area (Å²) in [5, 5.41) is 5.68. The van der Waals surface area contributed by atoms with Crippen LogP contribution in [0.2, 0.25) is 0 Å². The van der Waals surface area contributed by atoms with Crippen molar-refractivity contribution in [2.24, 2.45) is 0 Å². The molecule has 1 unspecified atom stereocenters. The van der Waals surface area contributed by atoms with Gasteiger partial charge < -0.3 is 34.5 Å². The van der Waals surface area contributed by atoms with Crippen LogP contribution in [0.5, 0.6) is 23.1 Å². The summed E-state index contributed by atoms with van der Waals surface area (Å²) >= 11 is 0. The third-order valence-corrected chi connectivity index (χ3v) is 7.06. The highest BCUT2D eigenvalue weighted by atomic mass is 16.7. The molecule has 0 saturated carbocycles. The summed E-state index contributed by atoms with van der Waals surface area (Å²) < 4.78 is 22.3. The number of nitrogens with one attached hydrogen (secondary N) is 2. The number of nitrogens with zero attached hydrogens (tertiary/aromatic N) is 3. The Morgan fingerprint density at radius 2 is 2.08 bits per heavy atom. The monoisotopic (exact) mass is 531 g/mol. The van der Waals surface area contributed by atoms with Gasteiger partial charge in [0.05, 0.1) is 7.11 Å². The summed E-state index contributed by atoms with van der Waals surface area (Å²) in [7, 11) is 1.64. The van der Waals surface area contributed by atoms with Gasteiger partial charge in [-0.3, -0.25) is 9.59 Å². The number of amides is 2. The van der Waals surface area contributed by atoms with Crippen molar-refractivity contribution >= 4 is 23.5 Å². The van der Waals surface area contributed by atoms with Crippen LogP contribution in [0.4, 0.5) is 11.6 Å². The van der Waals surface area contributed by atoms with Gasteiger partial charge in [-0.1, -0.05) is 6.07 Å². The zero-order valence-electron chi connectivity index (χ0n) is 21.6. The van der Waals surface area contributed by atoms with Crippen LogP contribution in [0, 0.1) is 0 Å². The number of aromatic nitrogens is 2. The minimum atomic E-state index is -0.623. The molecule has 6 rings (SSSR count). The van der Waals surface area contributed by atoms with E-state index in [2.05, 4.69) is 20.6 Å². The lowest BCUT2D eigenvalue weighted by molar-refractivity contribution is -0.122. The molecule has 2 aromatic carbocycles. The predicted molar refractivity (Wildman–Crippen MR) is 141 cm³/mol. The number of anilines is 2. The topological polar surface area (TPSA) is 124 Å². The molecule has 0 spiro atoms. The second-order valence-electron chi connectivity index (χ2n) is 9.57. The Bertz CT molecular complexity index is 1410. The highest BCUT2D eigenvalue weighted by molar-refractivity contribution is 5.99. The Morgan fingerprint density at radius 1 is 1.18 bits per heavy atom. The van der Waals surface area contributed by atoms with E-state index in [1.54, 1.807) is 7.11 Å². The molecule has 3 aliphatic rings. The number of carbonyl (C=O) groups excluding carboxylic acids is 2. The van der Waals surface area contributed by atoms with Gasteiger partial charge in [-0.25, -0.2) is 4.98 Å². The molecular weight excluding hydrogens is 502 g/mol. The fourth-order valence-corrected chi connectivity index (χ4v) is 4.96. The number of hydrogen-bond acceptors (Lipinski definition) is 9. The number of benzene rings is 2. The maximum absolute atomic E-state index is 13.3. The Labute approximate surface area is 225 Å². The van der Waals surface area contributed by atoms with E-state index in [-0.39, 0.29) is 30.8 Å². The minimum Gasteiger partial charge on any atom is -0.497 e. The van der Waals surface area contributed by atoms with Gasteiger partial charge in [0.15, 0.2) is 11.5 Å². The molecule has 0 radical (unpaired) electrons. The Morgan fingerprint density at radius 3 is 2.97 bits per heavy atom. The van der Waals surface area contributed by atoms with Crippen LogP contribution in [-0.2, 0) is 17.8 Å². The first-order chi connectivity index (χ1) is 19.1. The number of carbonyl (C=O) groups is 2. The molecule has 1 aromatic heterocycles. The van der Waals surface area contributed by atoms with E-state index in [1.165, 1.54) is 6.20 Å². The van der Waals surface area contributed by atoms with Crippen molar-refractivity contribution in [2.75, 3.05) is 31.9 Å². The fourth-order valence-electron chi connectivity index (χ4n) is 4.96. The smallest absolute Gasteiger partial charge is 0.259 e. The average Bonchev–Trinajstić information content (AvgIpc) is 3.56. The van der Waals surface area contributed by atoms with Gasteiger partial charge >= 0.3 is 0 Å². The number of ether oxygens (including phenoxy) is 4. The van der Waals surface area contributed by atoms with Gasteiger partial charge in [0, 0.05) is 25.0 Å². The van der Waals surface area contributed by atoms with Crippen molar-refractivity contribution in [3.63, 3.8) is 0 Å². The minimum absolute atomic E-state index is 0.131. The largest absolute Gasteiger partial charge is 0.497 e. The van der Waals surface area contributed by atoms with E-state index in [1.807, 2.05) is 41.3 Å². The molecule has 1 fully saturated rings. The normalized spacial score (nSPS) is 17.7. The molecule has 11 nitrogen and oxygen atoms in total. The first kappa shape index (κ1) is 24.8. The summed E-state index contributed by atoms with van der Waals surface area (Å²) in [6.07, 6.45) is 4.55. The van der Waals surface area contributed by atoms with Crippen LogP contribution in [0.3, 0.4) is 0 Å². The molecule has 1 saturated heterocycles. The molecule has 39 heavy (non-hydrogen) atoms. The van der Waals surface area contributed by atoms with Crippen molar-refractivity contribution in [3.8, 4) is 23.1 Å². The Kier molecular flexibility index (Phi) is 6.78. The van der Waals surface area contributed by atoms with Gasteiger partial charge in [0.1, 0.15) is 24.0 Å². The maximum Gasteiger partial charge on any atom is 0.259 e. The number of fused-ring (bicyclic) bond motifs is 2. The van der Waals surface area contributed by atoms with Gasteiger partial charge in [-0.2, -0.15) is 4.98 Å². The van der Waals surface area contributed by atoms with E-state index < -0.39 is 11.9 Å². The summed E-state index contributed by atoms with van der Waals surface area (Å²) in [6, 6.07) is 10.8. The van der Waals surface area contributed by atoms with Crippen molar-refractivity contribution in [1.82, 2.24) is 20.6 Å². The lowest BCUT2D eigenvalue weighted by atomic mass is 10.1. The van der Waals surface area contributed by atoms with E-state index in [9.17, 15) is 9.59 Å². The average molecular weight is 532 g/mol. The van der Waals surface area contributed by atoms with Crippen molar-refractivity contribution in [1.29, 1.82) is 0 Å². The quantitative estimate of drug-likeness (QED) is 0.474. The van der Waals surface area contributed by atoms with Crippen LogP contribution in [0.25, 0.3) is 0 Å². The molecular formula is C28H29N5O6. The predicted octanol–water partition coefficient (Wildman–Crippen LogP) is 2.89.